The van der Waals surface area contributed by atoms with Gasteiger partial charge in [-0.25, -0.2) is 18.4 Å². The first-order chi connectivity index (χ1) is 16.1. The van der Waals surface area contributed by atoms with Crippen LogP contribution in [-0.2, 0) is 15.4 Å². The zero-order chi connectivity index (χ0) is 24.5. The van der Waals surface area contributed by atoms with Gasteiger partial charge in [0.15, 0.2) is 5.78 Å². The number of oxazole rings is 1. The topological polar surface area (TPSA) is 102 Å². The number of nitrogens with one attached hydrogen (secondary N) is 1. The molecule has 2 aromatic carbocycles. The Balaban J connectivity index is 1.65. The Kier molecular flexibility index (Phi) is 6.49. The highest BCUT2D eigenvalue weighted by Crippen LogP contribution is 2.32. The first-order valence-electron chi connectivity index (χ1n) is 10.1. The van der Waals surface area contributed by atoms with E-state index >= 15 is 0 Å². The van der Waals surface area contributed by atoms with Gasteiger partial charge in [-0.2, -0.15) is 0 Å². The smallest absolute Gasteiger partial charge is 0.261 e. The minimum Gasteiger partial charge on any atom is -0.448 e. The van der Waals surface area contributed by atoms with Crippen molar-refractivity contribution < 1.29 is 17.6 Å². The van der Waals surface area contributed by atoms with Gasteiger partial charge in [0.05, 0.1) is 22.2 Å². The van der Waals surface area contributed by atoms with Crippen LogP contribution in [0.25, 0.3) is 0 Å². The summed E-state index contributed by atoms with van der Waals surface area (Å²) in [5, 5.41) is 0.423. The Labute approximate surface area is 206 Å². The normalized spacial score (nSPS) is 11.9. The van der Waals surface area contributed by atoms with E-state index in [4.69, 9.17) is 27.6 Å². The van der Waals surface area contributed by atoms with Gasteiger partial charge in [0.1, 0.15) is 11.4 Å². The fourth-order valence-electron chi connectivity index (χ4n) is 3.40. The molecular formula is C24H19Cl2N3O4S. The third kappa shape index (κ3) is 4.84. The van der Waals surface area contributed by atoms with Crippen molar-refractivity contribution in [3.63, 3.8) is 0 Å². The van der Waals surface area contributed by atoms with Crippen LogP contribution < -0.4 is 4.72 Å². The highest BCUT2D eigenvalue weighted by Gasteiger charge is 2.28. The van der Waals surface area contributed by atoms with Crippen molar-refractivity contribution in [3.05, 3.63) is 106 Å². The molecule has 2 aromatic heterocycles. The van der Waals surface area contributed by atoms with Gasteiger partial charge in [-0.3, -0.25) is 9.52 Å². The van der Waals surface area contributed by atoms with Crippen molar-refractivity contribution >= 4 is 44.7 Å². The third-order valence-electron chi connectivity index (χ3n) is 5.31. The molecule has 7 nitrogen and oxygen atoms in total. The standard InChI is InChI=1S/C24H19Cl2N3O4S/c1-24(2,23-28-11-12-33-23)16-3-6-18(7-4-16)34(31,32)29-20-8-5-17(25)14-19(20)22(30)15-9-10-27-21(26)13-15/h3-14,29H,1-2H3. The molecule has 0 saturated heterocycles. The second kappa shape index (κ2) is 9.21. The summed E-state index contributed by atoms with van der Waals surface area (Å²) in [6.45, 7) is 3.86. The molecule has 10 heteroatoms. The molecule has 0 unspecified atom stereocenters. The van der Waals surface area contributed by atoms with E-state index < -0.39 is 21.2 Å². The minimum atomic E-state index is -4.01. The first kappa shape index (κ1) is 23.9. The number of hydrogen-bond donors (Lipinski definition) is 1. The lowest BCUT2D eigenvalue weighted by Crippen LogP contribution is -2.20. The number of nitrogens with zero attached hydrogens (tertiary/aromatic N) is 2. The lowest BCUT2D eigenvalue weighted by Gasteiger charge is -2.21. The third-order valence-corrected chi connectivity index (χ3v) is 7.14. The molecule has 0 aliphatic heterocycles. The number of benzene rings is 2. The summed E-state index contributed by atoms with van der Waals surface area (Å²) in [6.07, 6.45) is 4.45. The van der Waals surface area contributed by atoms with Crippen molar-refractivity contribution in [3.8, 4) is 0 Å². The number of hydrogen-bond acceptors (Lipinski definition) is 6. The number of anilines is 1. The predicted molar refractivity (Wildman–Crippen MR) is 130 cm³/mol. The van der Waals surface area contributed by atoms with E-state index in [1.54, 1.807) is 18.3 Å². The van der Waals surface area contributed by atoms with Gasteiger partial charge in [-0.1, -0.05) is 35.3 Å². The molecule has 174 valence electrons. The number of sulfonamides is 1. The van der Waals surface area contributed by atoms with Crippen LogP contribution in [0.3, 0.4) is 0 Å². The quantitative estimate of drug-likeness (QED) is 0.249. The predicted octanol–water partition coefficient (Wildman–Crippen LogP) is 5.73. The van der Waals surface area contributed by atoms with Crippen molar-refractivity contribution in [1.82, 2.24) is 9.97 Å². The highest BCUT2D eigenvalue weighted by molar-refractivity contribution is 7.92. The molecule has 0 radical (unpaired) electrons. The Morgan fingerprint density at radius 2 is 1.71 bits per heavy atom. The van der Waals surface area contributed by atoms with Gasteiger partial charge in [0.2, 0.25) is 5.89 Å². The number of halogens is 2. The maximum Gasteiger partial charge on any atom is 0.261 e. The second-order valence-electron chi connectivity index (χ2n) is 7.98. The number of ketones is 1. The molecule has 0 amide bonds. The molecule has 0 spiro atoms. The van der Waals surface area contributed by atoms with Crippen LogP contribution in [0.5, 0.6) is 0 Å². The van der Waals surface area contributed by atoms with Gasteiger partial charge in [0, 0.05) is 22.3 Å². The van der Waals surface area contributed by atoms with Gasteiger partial charge < -0.3 is 4.42 Å². The number of aromatic nitrogens is 2. The average molecular weight is 516 g/mol. The van der Waals surface area contributed by atoms with E-state index in [0.29, 0.717) is 5.89 Å². The van der Waals surface area contributed by atoms with Crippen LogP contribution in [0.1, 0.15) is 41.2 Å². The maximum absolute atomic E-state index is 13.1. The summed E-state index contributed by atoms with van der Waals surface area (Å²) in [7, 11) is -4.01. The van der Waals surface area contributed by atoms with Gasteiger partial charge in [-0.05, 0) is 61.9 Å². The van der Waals surface area contributed by atoms with Crippen molar-refractivity contribution in [2.24, 2.45) is 0 Å². The van der Waals surface area contributed by atoms with Crippen LogP contribution in [0.2, 0.25) is 10.2 Å². The summed E-state index contributed by atoms with van der Waals surface area (Å²) < 4.78 is 34.2. The Morgan fingerprint density at radius 3 is 2.35 bits per heavy atom. The lowest BCUT2D eigenvalue weighted by molar-refractivity contribution is 0.103. The van der Waals surface area contributed by atoms with Crippen LogP contribution in [0.4, 0.5) is 5.69 Å². The van der Waals surface area contributed by atoms with Gasteiger partial charge >= 0.3 is 0 Å². The Hall–Kier alpha value is -3.20. The Bertz CT molecular complexity index is 1450. The molecule has 0 saturated carbocycles. The molecule has 0 atom stereocenters. The summed E-state index contributed by atoms with van der Waals surface area (Å²) in [5.74, 6) is 0.0642. The van der Waals surface area contributed by atoms with Crippen LogP contribution in [0, 0.1) is 0 Å². The van der Waals surface area contributed by atoms with Crippen LogP contribution >= 0.6 is 23.2 Å². The molecule has 4 rings (SSSR count). The number of rotatable bonds is 7. The summed E-state index contributed by atoms with van der Waals surface area (Å²) >= 11 is 12.0. The van der Waals surface area contributed by atoms with E-state index in [-0.39, 0.29) is 31.9 Å². The van der Waals surface area contributed by atoms with Crippen LogP contribution in [-0.4, -0.2) is 24.2 Å². The second-order valence-corrected chi connectivity index (χ2v) is 10.5. The summed E-state index contributed by atoms with van der Waals surface area (Å²) in [5.41, 5.74) is 0.694. The fraction of sp³-hybridized carbons (Fsp3) is 0.125. The largest absolute Gasteiger partial charge is 0.448 e. The van der Waals surface area contributed by atoms with E-state index in [1.807, 2.05) is 13.8 Å². The number of carbonyl (C=O) groups excluding carboxylic acids is 1. The summed E-state index contributed by atoms with van der Waals surface area (Å²) in [4.78, 5) is 21.2. The number of carbonyl (C=O) groups is 1. The van der Waals surface area contributed by atoms with Crippen LogP contribution in [0.15, 0.2) is 82.6 Å². The van der Waals surface area contributed by atoms with Gasteiger partial charge in [0.25, 0.3) is 10.0 Å². The molecule has 0 aliphatic carbocycles. The monoisotopic (exact) mass is 515 g/mol. The molecule has 4 aromatic rings. The molecule has 0 fully saturated rings. The Morgan fingerprint density at radius 1 is 0.971 bits per heavy atom. The summed E-state index contributed by atoms with van der Waals surface area (Å²) in [6, 6.07) is 13.6. The van der Waals surface area contributed by atoms with E-state index in [9.17, 15) is 13.2 Å². The molecule has 2 heterocycles. The SMILES string of the molecule is CC(C)(c1ccc(S(=O)(=O)Nc2ccc(Cl)cc2C(=O)c2ccnc(Cl)c2)cc1)c1ncco1. The fourth-order valence-corrected chi connectivity index (χ4v) is 4.83. The average Bonchev–Trinajstić information content (AvgIpc) is 3.36. The van der Waals surface area contributed by atoms with Crippen molar-refractivity contribution in [1.29, 1.82) is 0 Å². The molecule has 0 bridgehead atoms. The molecular weight excluding hydrogens is 497 g/mol. The first-order valence-corrected chi connectivity index (χ1v) is 12.3. The zero-order valence-corrected chi connectivity index (χ0v) is 20.4. The minimum absolute atomic E-state index is 0.0276. The lowest BCUT2D eigenvalue weighted by atomic mass is 9.84. The molecule has 34 heavy (non-hydrogen) atoms. The van der Waals surface area contributed by atoms with E-state index in [0.717, 1.165) is 5.56 Å². The maximum atomic E-state index is 13.1. The molecule has 1 N–H and O–H groups in total. The number of pyridine rings is 1. The van der Waals surface area contributed by atoms with Gasteiger partial charge in [-0.15, -0.1) is 0 Å². The van der Waals surface area contributed by atoms with Crippen molar-refractivity contribution in [2.45, 2.75) is 24.2 Å². The van der Waals surface area contributed by atoms with Crippen molar-refractivity contribution in [2.75, 3.05) is 4.72 Å². The van der Waals surface area contributed by atoms with E-state index in [1.165, 1.54) is 54.9 Å². The zero-order valence-electron chi connectivity index (χ0n) is 18.1. The van der Waals surface area contributed by atoms with E-state index in [2.05, 4.69) is 14.7 Å². The highest BCUT2D eigenvalue weighted by atomic mass is 35.5. The molecule has 0 aliphatic rings.